The summed E-state index contributed by atoms with van der Waals surface area (Å²) < 4.78 is 5.12. The standard InChI is InChI=1S/C13H22N2O2/c1-3-15(7-4-8-16)10-11-5-6-13(17-2)12(14)9-11/h5-6,9,16H,3-4,7-8,10,14H2,1-2H3. The summed E-state index contributed by atoms with van der Waals surface area (Å²) in [5.74, 6) is 0.715. The second kappa shape index (κ2) is 7.14. The van der Waals surface area contributed by atoms with Crippen LogP contribution in [-0.2, 0) is 6.54 Å². The summed E-state index contributed by atoms with van der Waals surface area (Å²) in [6.45, 7) is 5.07. The lowest BCUT2D eigenvalue weighted by Gasteiger charge is -2.20. The molecule has 3 N–H and O–H groups in total. The molecule has 0 saturated heterocycles. The first-order chi connectivity index (χ1) is 8.21. The fourth-order valence-corrected chi connectivity index (χ4v) is 1.78. The van der Waals surface area contributed by atoms with Gasteiger partial charge in [0.1, 0.15) is 5.75 Å². The summed E-state index contributed by atoms with van der Waals surface area (Å²) in [5.41, 5.74) is 7.70. The van der Waals surface area contributed by atoms with Gasteiger partial charge in [-0.3, -0.25) is 4.90 Å². The molecule has 17 heavy (non-hydrogen) atoms. The van der Waals surface area contributed by atoms with E-state index in [0.29, 0.717) is 11.4 Å². The second-order valence-electron chi connectivity index (χ2n) is 4.02. The van der Waals surface area contributed by atoms with E-state index in [9.17, 15) is 0 Å². The maximum absolute atomic E-state index is 8.83. The number of hydrogen-bond donors (Lipinski definition) is 2. The fraction of sp³-hybridized carbons (Fsp3) is 0.538. The Bertz CT molecular complexity index is 342. The van der Waals surface area contributed by atoms with Crippen LogP contribution >= 0.6 is 0 Å². The number of aliphatic hydroxyl groups is 1. The number of nitrogens with two attached hydrogens (primary N) is 1. The highest BCUT2D eigenvalue weighted by Crippen LogP contribution is 2.22. The Labute approximate surface area is 103 Å². The highest BCUT2D eigenvalue weighted by Gasteiger charge is 2.05. The van der Waals surface area contributed by atoms with Gasteiger partial charge in [0.25, 0.3) is 0 Å². The third kappa shape index (κ3) is 4.24. The van der Waals surface area contributed by atoms with E-state index in [0.717, 1.165) is 26.1 Å². The summed E-state index contributed by atoms with van der Waals surface area (Å²) in [7, 11) is 1.62. The number of methoxy groups -OCH3 is 1. The normalized spacial score (nSPS) is 10.8. The Hall–Kier alpha value is -1.26. The minimum absolute atomic E-state index is 0.237. The van der Waals surface area contributed by atoms with Crippen LogP contribution in [0.5, 0.6) is 5.75 Å². The highest BCUT2D eigenvalue weighted by atomic mass is 16.5. The molecule has 0 radical (unpaired) electrons. The molecule has 0 fully saturated rings. The Kier molecular flexibility index (Phi) is 5.80. The number of benzene rings is 1. The predicted molar refractivity (Wildman–Crippen MR) is 70.1 cm³/mol. The van der Waals surface area contributed by atoms with Crippen LogP contribution in [0.25, 0.3) is 0 Å². The van der Waals surface area contributed by atoms with Crippen molar-refractivity contribution in [3.63, 3.8) is 0 Å². The van der Waals surface area contributed by atoms with Gasteiger partial charge in [-0.15, -0.1) is 0 Å². The van der Waals surface area contributed by atoms with Crippen LogP contribution in [0.2, 0.25) is 0 Å². The predicted octanol–water partition coefficient (Wildman–Crippen LogP) is 1.48. The maximum Gasteiger partial charge on any atom is 0.141 e. The van der Waals surface area contributed by atoms with E-state index in [-0.39, 0.29) is 6.61 Å². The first-order valence-corrected chi connectivity index (χ1v) is 5.96. The molecule has 0 spiro atoms. The van der Waals surface area contributed by atoms with Crippen molar-refractivity contribution in [2.75, 3.05) is 32.5 Å². The smallest absolute Gasteiger partial charge is 0.141 e. The van der Waals surface area contributed by atoms with E-state index in [1.165, 1.54) is 5.56 Å². The van der Waals surface area contributed by atoms with Crippen LogP contribution in [0.3, 0.4) is 0 Å². The number of aliphatic hydroxyl groups excluding tert-OH is 1. The monoisotopic (exact) mass is 238 g/mol. The first kappa shape index (κ1) is 13.8. The molecule has 0 heterocycles. The Morgan fingerprint density at radius 2 is 2.18 bits per heavy atom. The molecule has 0 amide bonds. The summed E-state index contributed by atoms with van der Waals surface area (Å²) in [6, 6.07) is 5.86. The van der Waals surface area contributed by atoms with E-state index in [1.54, 1.807) is 7.11 Å². The van der Waals surface area contributed by atoms with E-state index in [4.69, 9.17) is 15.6 Å². The van der Waals surface area contributed by atoms with Crippen molar-refractivity contribution in [2.45, 2.75) is 19.9 Å². The van der Waals surface area contributed by atoms with Crippen LogP contribution in [0, 0.1) is 0 Å². The minimum Gasteiger partial charge on any atom is -0.495 e. The topological polar surface area (TPSA) is 58.7 Å². The lowest BCUT2D eigenvalue weighted by atomic mass is 10.1. The van der Waals surface area contributed by atoms with Gasteiger partial charge in [-0.1, -0.05) is 13.0 Å². The average Bonchev–Trinajstić information content (AvgIpc) is 2.34. The van der Waals surface area contributed by atoms with Gasteiger partial charge in [-0.2, -0.15) is 0 Å². The Morgan fingerprint density at radius 1 is 1.41 bits per heavy atom. The summed E-state index contributed by atoms with van der Waals surface area (Å²) in [4.78, 5) is 2.28. The third-order valence-electron chi connectivity index (χ3n) is 2.78. The summed E-state index contributed by atoms with van der Waals surface area (Å²) >= 11 is 0. The number of rotatable bonds is 7. The van der Waals surface area contributed by atoms with E-state index >= 15 is 0 Å². The number of hydrogen-bond acceptors (Lipinski definition) is 4. The van der Waals surface area contributed by atoms with Gasteiger partial charge < -0.3 is 15.6 Å². The van der Waals surface area contributed by atoms with Gasteiger partial charge in [0.05, 0.1) is 12.8 Å². The molecule has 4 heteroatoms. The van der Waals surface area contributed by atoms with Gasteiger partial charge in [0.15, 0.2) is 0 Å². The minimum atomic E-state index is 0.237. The quantitative estimate of drug-likeness (QED) is 0.706. The molecular formula is C13H22N2O2. The van der Waals surface area contributed by atoms with Gasteiger partial charge in [0.2, 0.25) is 0 Å². The van der Waals surface area contributed by atoms with Crippen LogP contribution in [0.15, 0.2) is 18.2 Å². The van der Waals surface area contributed by atoms with Crippen molar-refractivity contribution in [3.8, 4) is 5.75 Å². The van der Waals surface area contributed by atoms with Crippen molar-refractivity contribution < 1.29 is 9.84 Å². The number of anilines is 1. The Balaban J connectivity index is 2.63. The first-order valence-electron chi connectivity index (χ1n) is 5.96. The van der Waals surface area contributed by atoms with E-state index in [1.807, 2.05) is 18.2 Å². The van der Waals surface area contributed by atoms with Crippen molar-refractivity contribution >= 4 is 5.69 Å². The zero-order valence-electron chi connectivity index (χ0n) is 10.6. The van der Waals surface area contributed by atoms with Crippen LogP contribution < -0.4 is 10.5 Å². The third-order valence-corrected chi connectivity index (χ3v) is 2.78. The molecule has 0 aliphatic carbocycles. The van der Waals surface area contributed by atoms with Gasteiger partial charge in [-0.05, 0) is 30.7 Å². The molecule has 1 aromatic rings. The maximum atomic E-state index is 8.83. The van der Waals surface area contributed by atoms with E-state index in [2.05, 4.69) is 11.8 Å². The lowest BCUT2D eigenvalue weighted by Crippen LogP contribution is -2.24. The summed E-state index contributed by atoms with van der Waals surface area (Å²) in [5, 5.41) is 8.83. The van der Waals surface area contributed by atoms with Gasteiger partial charge in [0, 0.05) is 19.7 Å². The SMILES string of the molecule is CCN(CCCO)Cc1ccc(OC)c(N)c1. The second-order valence-corrected chi connectivity index (χ2v) is 4.02. The van der Waals surface area contributed by atoms with Crippen LogP contribution in [0.4, 0.5) is 5.69 Å². The molecule has 0 saturated carbocycles. The van der Waals surface area contributed by atoms with E-state index < -0.39 is 0 Å². The van der Waals surface area contributed by atoms with Crippen LogP contribution in [0.1, 0.15) is 18.9 Å². The van der Waals surface area contributed by atoms with Gasteiger partial charge in [-0.25, -0.2) is 0 Å². The number of nitrogen functional groups attached to an aromatic ring is 1. The van der Waals surface area contributed by atoms with Crippen molar-refractivity contribution in [1.82, 2.24) is 4.90 Å². The average molecular weight is 238 g/mol. The zero-order valence-corrected chi connectivity index (χ0v) is 10.6. The lowest BCUT2D eigenvalue weighted by molar-refractivity contribution is 0.225. The molecule has 1 aromatic carbocycles. The van der Waals surface area contributed by atoms with Gasteiger partial charge >= 0.3 is 0 Å². The molecule has 1 rings (SSSR count). The summed E-state index contributed by atoms with van der Waals surface area (Å²) in [6.07, 6.45) is 0.805. The highest BCUT2D eigenvalue weighted by molar-refractivity contribution is 5.54. The van der Waals surface area contributed by atoms with Crippen LogP contribution in [-0.4, -0.2) is 36.8 Å². The molecule has 0 aliphatic rings. The molecule has 0 bridgehead atoms. The van der Waals surface area contributed by atoms with Crippen molar-refractivity contribution in [1.29, 1.82) is 0 Å². The largest absolute Gasteiger partial charge is 0.495 e. The number of nitrogens with zero attached hydrogens (tertiary/aromatic N) is 1. The fourth-order valence-electron chi connectivity index (χ4n) is 1.78. The zero-order chi connectivity index (χ0) is 12.7. The van der Waals surface area contributed by atoms with Crippen molar-refractivity contribution in [3.05, 3.63) is 23.8 Å². The molecule has 0 unspecified atom stereocenters. The molecule has 0 aromatic heterocycles. The molecular weight excluding hydrogens is 216 g/mol. The molecule has 4 nitrogen and oxygen atoms in total. The van der Waals surface area contributed by atoms with Crippen molar-refractivity contribution in [2.24, 2.45) is 0 Å². The Morgan fingerprint density at radius 3 is 2.71 bits per heavy atom. The molecule has 96 valence electrons. The number of ether oxygens (including phenoxy) is 1. The molecule has 0 aliphatic heterocycles. The molecule has 0 atom stereocenters.